The van der Waals surface area contributed by atoms with Crippen LogP contribution >= 0.6 is 0 Å². The standard InChI is InChI=1S/C15H21NO3/c1-10-3-6-13(14(18)7-10)15(19)16-8-12(9-17)5-4-11(16)2/h3,6-7,11-12,17-18H,4-5,8-9H2,1-2H3. The number of rotatable bonds is 2. The Morgan fingerprint density at radius 3 is 2.79 bits per heavy atom. The SMILES string of the molecule is Cc1ccc(C(=O)N2CC(CO)CCC2C)c(O)c1. The van der Waals surface area contributed by atoms with Gasteiger partial charge in [0, 0.05) is 19.2 Å². The molecule has 0 aliphatic carbocycles. The highest BCUT2D eigenvalue weighted by Gasteiger charge is 2.30. The maximum absolute atomic E-state index is 12.5. The lowest BCUT2D eigenvalue weighted by Crippen LogP contribution is -2.46. The number of hydrogen-bond donors (Lipinski definition) is 2. The first-order valence-electron chi connectivity index (χ1n) is 6.74. The third-order valence-corrected chi connectivity index (χ3v) is 3.88. The van der Waals surface area contributed by atoms with Crippen LogP contribution in [-0.2, 0) is 0 Å². The van der Waals surface area contributed by atoms with E-state index in [0.29, 0.717) is 12.1 Å². The average Bonchev–Trinajstić information content (AvgIpc) is 2.38. The lowest BCUT2D eigenvalue weighted by Gasteiger charge is -2.37. The van der Waals surface area contributed by atoms with Crippen LogP contribution in [0.5, 0.6) is 5.75 Å². The Morgan fingerprint density at radius 1 is 1.42 bits per heavy atom. The largest absolute Gasteiger partial charge is 0.507 e. The fraction of sp³-hybridized carbons (Fsp3) is 0.533. The minimum absolute atomic E-state index is 0.0309. The smallest absolute Gasteiger partial charge is 0.257 e. The van der Waals surface area contributed by atoms with Crippen LogP contribution in [0.3, 0.4) is 0 Å². The number of hydrogen-bond acceptors (Lipinski definition) is 3. The Balaban J connectivity index is 2.22. The van der Waals surface area contributed by atoms with Gasteiger partial charge in [-0.25, -0.2) is 0 Å². The Hall–Kier alpha value is -1.55. The summed E-state index contributed by atoms with van der Waals surface area (Å²) in [5, 5.41) is 19.2. The molecule has 2 N–H and O–H groups in total. The van der Waals surface area contributed by atoms with Gasteiger partial charge in [-0.05, 0) is 50.3 Å². The third kappa shape index (κ3) is 2.89. The number of phenols is 1. The van der Waals surface area contributed by atoms with Crippen molar-refractivity contribution < 1.29 is 15.0 Å². The van der Waals surface area contributed by atoms with Crippen molar-refractivity contribution in [3.63, 3.8) is 0 Å². The van der Waals surface area contributed by atoms with Gasteiger partial charge in [0.1, 0.15) is 5.75 Å². The second-order valence-electron chi connectivity index (χ2n) is 5.45. The minimum Gasteiger partial charge on any atom is -0.507 e. The quantitative estimate of drug-likeness (QED) is 0.857. The lowest BCUT2D eigenvalue weighted by atomic mass is 9.93. The van der Waals surface area contributed by atoms with Crippen molar-refractivity contribution in [3.05, 3.63) is 29.3 Å². The second-order valence-corrected chi connectivity index (χ2v) is 5.45. The zero-order valence-corrected chi connectivity index (χ0v) is 11.5. The van der Waals surface area contributed by atoms with Crippen LogP contribution < -0.4 is 0 Å². The van der Waals surface area contributed by atoms with E-state index in [4.69, 9.17) is 0 Å². The first-order valence-corrected chi connectivity index (χ1v) is 6.74. The van der Waals surface area contributed by atoms with Gasteiger partial charge in [-0.1, -0.05) is 6.07 Å². The molecular weight excluding hydrogens is 242 g/mol. The number of likely N-dealkylation sites (tertiary alicyclic amines) is 1. The predicted molar refractivity (Wildman–Crippen MR) is 73.2 cm³/mol. The molecule has 2 unspecified atom stereocenters. The van der Waals surface area contributed by atoms with Crippen molar-refractivity contribution in [1.29, 1.82) is 0 Å². The zero-order chi connectivity index (χ0) is 14.0. The maximum atomic E-state index is 12.5. The van der Waals surface area contributed by atoms with E-state index in [1.807, 2.05) is 19.9 Å². The number of benzene rings is 1. The Kier molecular flexibility index (Phi) is 4.10. The highest BCUT2D eigenvalue weighted by Crippen LogP contribution is 2.26. The molecule has 0 aromatic heterocycles. The number of phenolic OH excluding ortho intramolecular Hbond substituents is 1. The highest BCUT2D eigenvalue weighted by molar-refractivity contribution is 5.97. The molecule has 1 saturated heterocycles. The van der Waals surface area contributed by atoms with Crippen LogP contribution in [0, 0.1) is 12.8 Å². The molecule has 4 heteroatoms. The number of aliphatic hydroxyl groups is 1. The van der Waals surface area contributed by atoms with Gasteiger partial charge in [-0.3, -0.25) is 4.79 Å². The number of aryl methyl sites for hydroxylation is 1. The summed E-state index contributed by atoms with van der Waals surface area (Å²) in [4.78, 5) is 14.2. The van der Waals surface area contributed by atoms with Crippen LogP contribution in [-0.4, -0.2) is 40.2 Å². The fourth-order valence-corrected chi connectivity index (χ4v) is 2.59. The summed E-state index contributed by atoms with van der Waals surface area (Å²) in [5.74, 6) is 0.0270. The molecule has 4 nitrogen and oxygen atoms in total. The van der Waals surface area contributed by atoms with E-state index in [2.05, 4.69) is 0 Å². The second kappa shape index (κ2) is 5.61. The van der Waals surface area contributed by atoms with Crippen molar-refractivity contribution >= 4 is 5.91 Å². The average molecular weight is 263 g/mol. The van der Waals surface area contributed by atoms with Gasteiger partial charge in [0.2, 0.25) is 0 Å². The molecule has 19 heavy (non-hydrogen) atoms. The van der Waals surface area contributed by atoms with Crippen molar-refractivity contribution in [2.45, 2.75) is 32.7 Å². The number of carbonyl (C=O) groups is 1. The molecule has 1 amide bonds. The van der Waals surface area contributed by atoms with Crippen molar-refractivity contribution in [2.24, 2.45) is 5.92 Å². The molecule has 0 spiro atoms. The molecule has 0 radical (unpaired) electrons. The summed E-state index contributed by atoms with van der Waals surface area (Å²) >= 11 is 0. The van der Waals surface area contributed by atoms with Gasteiger partial charge in [-0.15, -0.1) is 0 Å². The summed E-state index contributed by atoms with van der Waals surface area (Å²) in [6.45, 7) is 4.55. The van der Waals surface area contributed by atoms with Crippen molar-refractivity contribution in [1.82, 2.24) is 4.90 Å². The Bertz CT molecular complexity index is 472. The van der Waals surface area contributed by atoms with E-state index < -0.39 is 0 Å². The summed E-state index contributed by atoms with van der Waals surface area (Å²) in [7, 11) is 0. The van der Waals surface area contributed by atoms with Gasteiger partial charge in [0.15, 0.2) is 0 Å². The monoisotopic (exact) mass is 263 g/mol. The van der Waals surface area contributed by atoms with Crippen LogP contribution in [0.2, 0.25) is 0 Å². The number of aromatic hydroxyl groups is 1. The lowest BCUT2D eigenvalue weighted by molar-refractivity contribution is 0.0486. The van der Waals surface area contributed by atoms with E-state index in [9.17, 15) is 15.0 Å². The Morgan fingerprint density at radius 2 is 2.16 bits per heavy atom. The van der Waals surface area contributed by atoms with E-state index in [1.54, 1.807) is 17.0 Å². The number of piperidine rings is 1. The molecule has 1 aromatic rings. The number of aliphatic hydroxyl groups excluding tert-OH is 1. The van der Waals surface area contributed by atoms with Crippen molar-refractivity contribution in [3.8, 4) is 5.75 Å². The molecule has 1 aromatic carbocycles. The van der Waals surface area contributed by atoms with Gasteiger partial charge >= 0.3 is 0 Å². The summed E-state index contributed by atoms with van der Waals surface area (Å²) in [6, 6.07) is 5.25. The maximum Gasteiger partial charge on any atom is 0.257 e. The van der Waals surface area contributed by atoms with Gasteiger partial charge in [-0.2, -0.15) is 0 Å². The van der Waals surface area contributed by atoms with Crippen LogP contribution in [0.4, 0.5) is 0 Å². The molecule has 0 bridgehead atoms. The van der Waals surface area contributed by atoms with Gasteiger partial charge in [0.05, 0.1) is 5.56 Å². The molecule has 1 heterocycles. The normalized spacial score (nSPS) is 23.4. The van der Waals surface area contributed by atoms with Crippen molar-refractivity contribution in [2.75, 3.05) is 13.2 Å². The highest BCUT2D eigenvalue weighted by atomic mass is 16.3. The van der Waals surface area contributed by atoms with E-state index in [1.165, 1.54) is 0 Å². The molecular formula is C15H21NO3. The van der Waals surface area contributed by atoms with Gasteiger partial charge in [0.25, 0.3) is 5.91 Å². The number of carbonyl (C=O) groups excluding carboxylic acids is 1. The first kappa shape index (κ1) is 13.9. The number of amides is 1. The molecule has 2 rings (SSSR count). The molecule has 2 atom stereocenters. The third-order valence-electron chi connectivity index (χ3n) is 3.88. The fourth-order valence-electron chi connectivity index (χ4n) is 2.59. The van der Waals surface area contributed by atoms with Crippen LogP contribution in [0.1, 0.15) is 35.7 Å². The van der Waals surface area contributed by atoms with E-state index in [0.717, 1.165) is 18.4 Å². The van der Waals surface area contributed by atoms with E-state index >= 15 is 0 Å². The molecule has 1 aliphatic heterocycles. The minimum atomic E-state index is -0.150. The Labute approximate surface area is 113 Å². The van der Waals surface area contributed by atoms with Crippen LogP contribution in [0.25, 0.3) is 0 Å². The predicted octanol–water partition coefficient (Wildman–Crippen LogP) is 1.93. The molecule has 0 saturated carbocycles. The first-order chi connectivity index (χ1) is 9.02. The molecule has 104 valence electrons. The van der Waals surface area contributed by atoms with Gasteiger partial charge < -0.3 is 15.1 Å². The molecule has 1 fully saturated rings. The van der Waals surface area contributed by atoms with Crippen LogP contribution in [0.15, 0.2) is 18.2 Å². The molecule has 1 aliphatic rings. The topological polar surface area (TPSA) is 60.8 Å². The summed E-state index contributed by atoms with van der Waals surface area (Å²) < 4.78 is 0. The summed E-state index contributed by atoms with van der Waals surface area (Å²) in [5.41, 5.74) is 1.27. The zero-order valence-electron chi connectivity index (χ0n) is 11.5. The van der Waals surface area contributed by atoms with E-state index in [-0.39, 0.29) is 30.2 Å². The summed E-state index contributed by atoms with van der Waals surface area (Å²) in [6.07, 6.45) is 1.84. The number of nitrogens with zero attached hydrogens (tertiary/aromatic N) is 1.